The zero-order chi connectivity index (χ0) is 19.5. The third-order valence-electron chi connectivity index (χ3n) is 5.58. The van der Waals surface area contributed by atoms with Crippen LogP contribution in [-0.2, 0) is 24.9 Å². The van der Waals surface area contributed by atoms with Gasteiger partial charge in [-0.3, -0.25) is 9.69 Å². The molecule has 4 rings (SSSR count). The molecule has 1 fully saturated rings. The molecular weight excluding hydrogens is 355 g/mol. The van der Waals surface area contributed by atoms with E-state index >= 15 is 0 Å². The molecule has 1 N–H and O–H groups in total. The third kappa shape index (κ3) is 4.07. The van der Waals surface area contributed by atoms with E-state index in [0.717, 1.165) is 54.9 Å². The number of nitrogens with zero attached hydrogens (tertiary/aromatic N) is 3. The number of nitrogens with one attached hydrogen (secondary N) is 1. The Labute approximate surface area is 164 Å². The molecule has 0 spiro atoms. The summed E-state index contributed by atoms with van der Waals surface area (Å²) in [6.45, 7) is 3.02. The van der Waals surface area contributed by atoms with E-state index in [4.69, 9.17) is 4.98 Å². The summed E-state index contributed by atoms with van der Waals surface area (Å²) in [5, 5.41) is 2.98. The molecule has 1 aliphatic rings. The van der Waals surface area contributed by atoms with Crippen LogP contribution in [0.3, 0.4) is 0 Å². The van der Waals surface area contributed by atoms with Crippen molar-refractivity contribution in [3.05, 3.63) is 65.7 Å². The zero-order valence-electron chi connectivity index (χ0n) is 16.1. The molecule has 5 nitrogen and oxygen atoms in total. The van der Waals surface area contributed by atoms with Gasteiger partial charge in [0.1, 0.15) is 11.6 Å². The molecule has 1 aromatic heterocycles. The summed E-state index contributed by atoms with van der Waals surface area (Å²) < 4.78 is 15.1. The number of hydrogen-bond donors (Lipinski definition) is 1. The topological polar surface area (TPSA) is 50.2 Å². The molecule has 1 saturated heterocycles. The number of carbonyl (C=O) groups is 1. The number of amides is 1. The standard InChI is InChI=1S/C22H25FN4O/c1-26-20-5-3-2-4-19(20)25-21(26)15-27-12-10-17(11-13-27)22(28)24-14-16-6-8-18(23)9-7-16/h2-9,17H,10-15H2,1H3,(H,24,28). The number of likely N-dealkylation sites (tertiary alicyclic amines) is 1. The third-order valence-corrected chi connectivity index (χ3v) is 5.58. The van der Waals surface area contributed by atoms with E-state index in [1.807, 2.05) is 18.2 Å². The zero-order valence-corrected chi connectivity index (χ0v) is 16.1. The molecule has 0 saturated carbocycles. The van der Waals surface area contributed by atoms with Crippen molar-refractivity contribution in [2.24, 2.45) is 13.0 Å². The van der Waals surface area contributed by atoms with Gasteiger partial charge in [-0.05, 0) is 55.8 Å². The SMILES string of the molecule is Cn1c(CN2CCC(C(=O)NCc3ccc(F)cc3)CC2)nc2ccccc21. The van der Waals surface area contributed by atoms with Crippen molar-refractivity contribution < 1.29 is 9.18 Å². The first-order chi connectivity index (χ1) is 13.6. The molecule has 0 unspecified atom stereocenters. The predicted molar refractivity (Wildman–Crippen MR) is 107 cm³/mol. The maximum Gasteiger partial charge on any atom is 0.223 e. The fraction of sp³-hybridized carbons (Fsp3) is 0.364. The average Bonchev–Trinajstić information content (AvgIpc) is 3.03. The van der Waals surface area contributed by atoms with Gasteiger partial charge in [-0.25, -0.2) is 9.37 Å². The van der Waals surface area contributed by atoms with Gasteiger partial charge in [0, 0.05) is 19.5 Å². The highest BCUT2D eigenvalue weighted by Crippen LogP contribution is 2.21. The number of benzene rings is 2. The van der Waals surface area contributed by atoms with Crippen molar-refractivity contribution in [2.75, 3.05) is 13.1 Å². The fourth-order valence-corrected chi connectivity index (χ4v) is 3.83. The van der Waals surface area contributed by atoms with Crippen molar-refractivity contribution in [1.29, 1.82) is 0 Å². The van der Waals surface area contributed by atoms with Crippen LogP contribution in [0, 0.1) is 11.7 Å². The van der Waals surface area contributed by atoms with E-state index < -0.39 is 0 Å². The fourth-order valence-electron chi connectivity index (χ4n) is 3.83. The van der Waals surface area contributed by atoms with Crippen LogP contribution in [0.4, 0.5) is 4.39 Å². The van der Waals surface area contributed by atoms with E-state index in [2.05, 4.69) is 27.9 Å². The molecule has 0 bridgehead atoms. The van der Waals surface area contributed by atoms with Gasteiger partial charge in [0.25, 0.3) is 0 Å². The molecule has 0 aliphatic carbocycles. The maximum atomic E-state index is 13.0. The van der Waals surface area contributed by atoms with E-state index in [9.17, 15) is 9.18 Å². The highest BCUT2D eigenvalue weighted by Gasteiger charge is 2.25. The summed E-state index contributed by atoms with van der Waals surface area (Å²) in [5.74, 6) is 0.923. The monoisotopic (exact) mass is 380 g/mol. The Kier molecular flexibility index (Phi) is 5.39. The number of para-hydroxylation sites is 2. The molecule has 2 heterocycles. The summed E-state index contributed by atoms with van der Waals surface area (Å²) >= 11 is 0. The van der Waals surface area contributed by atoms with Gasteiger partial charge in [-0.2, -0.15) is 0 Å². The number of aryl methyl sites for hydroxylation is 1. The number of halogens is 1. The number of hydrogen-bond acceptors (Lipinski definition) is 3. The summed E-state index contributed by atoms with van der Waals surface area (Å²) in [4.78, 5) is 19.6. The normalized spacial score (nSPS) is 15.8. The van der Waals surface area contributed by atoms with Crippen LogP contribution >= 0.6 is 0 Å². The Balaban J connectivity index is 1.28. The molecule has 2 aromatic carbocycles. The van der Waals surface area contributed by atoms with Crippen molar-refractivity contribution in [2.45, 2.75) is 25.9 Å². The lowest BCUT2D eigenvalue weighted by molar-refractivity contribution is -0.126. The summed E-state index contributed by atoms with van der Waals surface area (Å²) in [6, 6.07) is 14.4. The predicted octanol–water partition coefficient (Wildman–Crippen LogP) is 3.24. The number of aromatic nitrogens is 2. The average molecular weight is 380 g/mol. The molecule has 3 aromatic rings. The van der Waals surface area contributed by atoms with Gasteiger partial charge in [-0.1, -0.05) is 24.3 Å². The quantitative estimate of drug-likeness (QED) is 0.739. The lowest BCUT2D eigenvalue weighted by atomic mass is 9.96. The first-order valence-corrected chi connectivity index (χ1v) is 9.75. The van der Waals surface area contributed by atoms with Crippen LogP contribution in [0.5, 0.6) is 0 Å². The minimum Gasteiger partial charge on any atom is -0.352 e. The molecule has 6 heteroatoms. The van der Waals surface area contributed by atoms with Crippen LogP contribution in [0.1, 0.15) is 24.2 Å². The molecule has 146 valence electrons. The smallest absolute Gasteiger partial charge is 0.223 e. The Hall–Kier alpha value is -2.73. The van der Waals surface area contributed by atoms with Crippen LogP contribution < -0.4 is 5.32 Å². The van der Waals surface area contributed by atoms with E-state index in [1.165, 1.54) is 12.1 Å². The van der Waals surface area contributed by atoms with Crippen molar-refractivity contribution in [3.8, 4) is 0 Å². The number of rotatable bonds is 5. The number of carbonyl (C=O) groups excluding carboxylic acids is 1. The van der Waals surface area contributed by atoms with Crippen LogP contribution in [0.15, 0.2) is 48.5 Å². The first-order valence-electron chi connectivity index (χ1n) is 9.75. The summed E-state index contributed by atoms with van der Waals surface area (Å²) in [7, 11) is 2.06. The van der Waals surface area contributed by atoms with Gasteiger partial charge >= 0.3 is 0 Å². The highest BCUT2D eigenvalue weighted by molar-refractivity contribution is 5.78. The van der Waals surface area contributed by atoms with Gasteiger partial charge in [0.15, 0.2) is 0 Å². The van der Waals surface area contributed by atoms with Crippen molar-refractivity contribution >= 4 is 16.9 Å². The lowest BCUT2D eigenvalue weighted by Gasteiger charge is -2.31. The van der Waals surface area contributed by atoms with Crippen molar-refractivity contribution in [1.82, 2.24) is 19.8 Å². The Morgan fingerprint density at radius 1 is 1.14 bits per heavy atom. The minimum atomic E-state index is -0.261. The molecular formula is C22H25FN4O. The van der Waals surface area contributed by atoms with Crippen LogP contribution in [0.2, 0.25) is 0 Å². The number of imidazole rings is 1. The summed E-state index contributed by atoms with van der Waals surface area (Å²) in [6.07, 6.45) is 1.69. The number of fused-ring (bicyclic) bond motifs is 1. The first kappa shape index (κ1) is 18.6. The maximum absolute atomic E-state index is 13.0. The van der Waals surface area contributed by atoms with Gasteiger partial charge < -0.3 is 9.88 Å². The Morgan fingerprint density at radius 3 is 2.57 bits per heavy atom. The Morgan fingerprint density at radius 2 is 1.86 bits per heavy atom. The van der Waals surface area contributed by atoms with Crippen molar-refractivity contribution in [3.63, 3.8) is 0 Å². The molecule has 0 atom stereocenters. The highest BCUT2D eigenvalue weighted by atomic mass is 19.1. The summed E-state index contributed by atoms with van der Waals surface area (Å²) in [5.41, 5.74) is 3.08. The molecule has 1 aliphatic heterocycles. The van der Waals surface area contributed by atoms with E-state index in [0.29, 0.717) is 6.54 Å². The van der Waals surface area contributed by atoms with E-state index in [-0.39, 0.29) is 17.6 Å². The number of piperidine rings is 1. The molecule has 1 amide bonds. The largest absolute Gasteiger partial charge is 0.352 e. The second-order valence-corrected chi connectivity index (χ2v) is 7.47. The lowest BCUT2D eigenvalue weighted by Crippen LogP contribution is -2.40. The molecule has 0 radical (unpaired) electrons. The van der Waals surface area contributed by atoms with Gasteiger partial charge in [-0.15, -0.1) is 0 Å². The second-order valence-electron chi connectivity index (χ2n) is 7.47. The minimum absolute atomic E-state index is 0.0390. The van der Waals surface area contributed by atoms with Gasteiger partial charge in [0.2, 0.25) is 5.91 Å². The van der Waals surface area contributed by atoms with Gasteiger partial charge in [0.05, 0.1) is 17.6 Å². The second kappa shape index (κ2) is 8.10. The van der Waals surface area contributed by atoms with Crippen LogP contribution in [-0.4, -0.2) is 33.4 Å². The molecule has 28 heavy (non-hydrogen) atoms. The van der Waals surface area contributed by atoms with Crippen LogP contribution in [0.25, 0.3) is 11.0 Å². The Bertz CT molecular complexity index is 958. The van der Waals surface area contributed by atoms with E-state index in [1.54, 1.807) is 12.1 Å².